The molecule has 0 spiro atoms. The summed E-state index contributed by atoms with van der Waals surface area (Å²) in [5.74, 6) is 0. The Morgan fingerprint density at radius 3 is 2.50 bits per heavy atom. The van der Waals surface area contributed by atoms with Crippen LogP contribution in [0.5, 0.6) is 0 Å². The third kappa shape index (κ3) is 5.01. The molecule has 0 aromatic heterocycles. The Labute approximate surface area is 124 Å². The molecule has 0 amide bonds. The molecule has 1 aromatic rings. The predicted octanol–water partition coefficient (Wildman–Crippen LogP) is 5.20. The number of hydrogen-bond donors (Lipinski definition) is 0. The SMILES string of the molecule is [C-]#[N+]C(C)(C)CC(SC(=S)SC)c1ccccc1. The third-order valence-corrected chi connectivity index (χ3v) is 5.39. The first-order chi connectivity index (χ1) is 8.48. The lowest BCUT2D eigenvalue weighted by atomic mass is 9.96. The van der Waals surface area contributed by atoms with Crippen molar-refractivity contribution < 1.29 is 0 Å². The van der Waals surface area contributed by atoms with Crippen LogP contribution in [0.4, 0.5) is 0 Å². The zero-order valence-electron chi connectivity index (χ0n) is 10.8. The van der Waals surface area contributed by atoms with Gasteiger partial charge in [-0.1, -0.05) is 54.3 Å². The van der Waals surface area contributed by atoms with Crippen molar-refractivity contribution in [3.8, 4) is 0 Å². The fourth-order valence-electron chi connectivity index (χ4n) is 1.56. The molecule has 0 N–H and O–H groups in total. The number of benzene rings is 1. The molecule has 0 fully saturated rings. The molecular formula is C14H17NS3. The van der Waals surface area contributed by atoms with Crippen LogP contribution >= 0.6 is 35.7 Å². The number of hydrogen-bond acceptors (Lipinski definition) is 3. The van der Waals surface area contributed by atoms with E-state index in [9.17, 15) is 0 Å². The van der Waals surface area contributed by atoms with Crippen LogP contribution in [-0.2, 0) is 0 Å². The molecule has 0 heterocycles. The molecule has 1 aromatic carbocycles. The van der Waals surface area contributed by atoms with E-state index in [0.717, 1.165) is 9.95 Å². The fourth-order valence-corrected chi connectivity index (χ4v) is 3.66. The Morgan fingerprint density at radius 2 is 2.00 bits per heavy atom. The second-order valence-electron chi connectivity index (χ2n) is 4.60. The van der Waals surface area contributed by atoms with Gasteiger partial charge < -0.3 is 4.85 Å². The van der Waals surface area contributed by atoms with Crippen molar-refractivity contribution in [1.82, 2.24) is 0 Å². The van der Waals surface area contributed by atoms with Gasteiger partial charge in [0.2, 0.25) is 5.54 Å². The van der Waals surface area contributed by atoms with E-state index >= 15 is 0 Å². The summed E-state index contributed by atoms with van der Waals surface area (Å²) in [6.45, 7) is 11.2. The van der Waals surface area contributed by atoms with Crippen molar-refractivity contribution >= 4 is 39.3 Å². The molecule has 96 valence electrons. The van der Waals surface area contributed by atoms with E-state index < -0.39 is 0 Å². The van der Waals surface area contributed by atoms with E-state index in [-0.39, 0.29) is 10.8 Å². The van der Waals surface area contributed by atoms with E-state index in [1.807, 2.05) is 38.3 Å². The van der Waals surface area contributed by atoms with Gasteiger partial charge in [-0.15, -0.1) is 11.8 Å². The van der Waals surface area contributed by atoms with Gasteiger partial charge in [0.25, 0.3) is 0 Å². The lowest BCUT2D eigenvalue weighted by molar-refractivity contribution is 0.551. The number of thioether (sulfide) groups is 2. The molecular weight excluding hydrogens is 278 g/mol. The molecule has 1 rings (SSSR count). The number of rotatable bonds is 4. The zero-order valence-corrected chi connectivity index (χ0v) is 13.3. The highest BCUT2D eigenvalue weighted by Gasteiger charge is 2.29. The van der Waals surface area contributed by atoms with Gasteiger partial charge in [-0.05, 0) is 11.8 Å². The van der Waals surface area contributed by atoms with Crippen molar-refractivity contribution in [2.24, 2.45) is 0 Å². The highest BCUT2D eigenvalue weighted by atomic mass is 32.2. The summed E-state index contributed by atoms with van der Waals surface area (Å²) >= 11 is 8.59. The molecule has 4 heteroatoms. The molecule has 1 atom stereocenters. The summed E-state index contributed by atoms with van der Waals surface area (Å²) in [5, 5.41) is 0.259. The first kappa shape index (κ1) is 15.6. The smallest absolute Gasteiger partial charge is 0.228 e. The lowest BCUT2D eigenvalue weighted by Crippen LogP contribution is -2.17. The largest absolute Gasteiger partial charge is 0.311 e. The third-order valence-electron chi connectivity index (χ3n) is 2.56. The number of nitrogens with zero attached hydrogens (tertiary/aromatic N) is 1. The molecule has 0 radical (unpaired) electrons. The molecule has 1 nitrogen and oxygen atoms in total. The summed E-state index contributed by atoms with van der Waals surface area (Å²) in [6.07, 6.45) is 2.81. The highest BCUT2D eigenvalue weighted by Crippen LogP contribution is 2.39. The van der Waals surface area contributed by atoms with Crippen LogP contribution in [0.2, 0.25) is 0 Å². The van der Waals surface area contributed by atoms with Crippen LogP contribution in [0, 0.1) is 6.57 Å². The summed E-state index contributed by atoms with van der Waals surface area (Å²) in [5.41, 5.74) is 0.900. The minimum atomic E-state index is -0.346. The maximum absolute atomic E-state index is 7.27. The minimum absolute atomic E-state index is 0.259. The molecule has 1 unspecified atom stereocenters. The van der Waals surface area contributed by atoms with Gasteiger partial charge in [0.15, 0.2) is 0 Å². The Bertz CT molecular complexity index is 434. The van der Waals surface area contributed by atoms with Gasteiger partial charge in [-0.25, -0.2) is 6.57 Å². The van der Waals surface area contributed by atoms with Gasteiger partial charge in [0, 0.05) is 25.5 Å². The second kappa shape index (κ2) is 7.18. The monoisotopic (exact) mass is 295 g/mol. The molecule has 0 aliphatic carbocycles. The maximum Gasteiger partial charge on any atom is 0.228 e. The lowest BCUT2D eigenvalue weighted by Gasteiger charge is -2.21. The normalized spacial score (nSPS) is 12.8. The standard InChI is InChI=1S/C14H17NS3/c1-14(2,15-3)10-12(18-13(16)17-4)11-8-6-5-7-9-11/h5-9,12H,10H2,1-2,4H3. The van der Waals surface area contributed by atoms with Crippen LogP contribution in [0.3, 0.4) is 0 Å². The van der Waals surface area contributed by atoms with Gasteiger partial charge in [-0.2, -0.15) is 0 Å². The summed E-state index contributed by atoms with van der Waals surface area (Å²) in [4.78, 5) is 3.71. The maximum atomic E-state index is 7.27. The molecule has 0 aliphatic rings. The summed E-state index contributed by atoms with van der Waals surface area (Å²) < 4.78 is 0.935. The Balaban J connectivity index is 2.90. The van der Waals surface area contributed by atoms with E-state index in [0.29, 0.717) is 0 Å². The molecule has 0 saturated heterocycles. The summed E-state index contributed by atoms with van der Waals surface area (Å²) in [7, 11) is 0. The highest BCUT2D eigenvalue weighted by molar-refractivity contribution is 8.47. The second-order valence-corrected chi connectivity index (χ2v) is 7.81. The van der Waals surface area contributed by atoms with Gasteiger partial charge in [0.1, 0.15) is 3.53 Å². The fraction of sp³-hybridized carbons (Fsp3) is 0.429. The predicted molar refractivity (Wildman–Crippen MR) is 88.2 cm³/mol. The first-order valence-electron chi connectivity index (χ1n) is 5.66. The van der Waals surface area contributed by atoms with Crippen molar-refractivity contribution in [2.75, 3.05) is 6.26 Å². The quantitative estimate of drug-likeness (QED) is 0.556. The van der Waals surface area contributed by atoms with E-state index in [2.05, 4.69) is 17.0 Å². The Morgan fingerprint density at radius 1 is 1.39 bits per heavy atom. The van der Waals surface area contributed by atoms with Gasteiger partial charge >= 0.3 is 0 Å². The number of thiocarbonyl (C=S) groups is 1. The van der Waals surface area contributed by atoms with Crippen LogP contribution in [-0.4, -0.2) is 15.3 Å². The zero-order chi connectivity index (χ0) is 13.6. The van der Waals surface area contributed by atoms with Crippen molar-refractivity contribution in [3.05, 3.63) is 47.3 Å². The first-order valence-corrected chi connectivity index (χ1v) is 8.18. The minimum Gasteiger partial charge on any atom is -0.311 e. The Hall–Kier alpha value is -0.500. The van der Waals surface area contributed by atoms with E-state index in [1.54, 1.807) is 23.5 Å². The van der Waals surface area contributed by atoms with Crippen molar-refractivity contribution in [1.29, 1.82) is 0 Å². The molecule has 18 heavy (non-hydrogen) atoms. The van der Waals surface area contributed by atoms with Crippen molar-refractivity contribution in [2.45, 2.75) is 31.1 Å². The van der Waals surface area contributed by atoms with Crippen LogP contribution in [0.25, 0.3) is 4.85 Å². The van der Waals surface area contributed by atoms with Gasteiger partial charge in [0.05, 0.1) is 0 Å². The van der Waals surface area contributed by atoms with Crippen LogP contribution < -0.4 is 0 Å². The Kier molecular flexibility index (Phi) is 6.20. The topological polar surface area (TPSA) is 4.36 Å². The molecule has 0 aliphatic heterocycles. The average Bonchev–Trinajstić information content (AvgIpc) is 2.38. The van der Waals surface area contributed by atoms with Crippen molar-refractivity contribution in [3.63, 3.8) is 0 Å². The van der Waals surface area contributed by atoms with E-state index in [4.69, 9.17) is 18.8 Å². The van der Waals surface area contributed by atoms with Crippen LogP contribution in [0.1, 0.15) is 31.1 Å². The average molecular weight is 295 g/mol. The molecule has 0 saturated carbocycles. The summed E-state index contributed by atoms with van der Waals surface area (Å²) in [6, 6.07) is 10.3. The van der Waals surface area contributed by atoms with Gasteiger partial charge in [-0.3, -0.25) is 0 Å². The van der Waals surface area contributed by atoms with Crippen LogP contribution in [0.15, 0.2) is 30.3 Å². The molecule has 0 bridgehead atoms. The van der Waals surface area contributed by atoms with E-state index in [1.165, 1.54) is 5.56 Å².